The zero-order valence-electron chi connectivity index (χ0n) is 6.52. The summed E-state index contributed by atoms with van der Waals surface area (Å²) in [7, 11) is 1.59. The second-order valence-corrected chi connectivity index (χ2v) is 2.65. The number of nitrogens with zero attached hydrogens (tertiary/aromatic N) is 2. The van der Waals surface area contributed by atoms with Crippen molar-refractivity contribution in [1.82, 2.24) is 5.01 Å². The van der Waals surface area contributed by atoms with Gasteiger partial charge in [0, 0.05) is 7.11 Å². The number of methoxy groups -OCH3 is 1. The highest BCUT2D eigenvalue weighted by Crippen LogP contribution is 2.11. The van der Waals surface area contributed by atoms with Gasteiger partial charge in [-0.3, -0.25) is 0 Å². The minimum atomic E-state index is -0.356. The molecule has 0 radical (unpaired) electrons. The Morgan fingerprint density at radius 1 is 1.73 bits per heavy atom. The zero-order chi connectivity index (χ0) is 8.27. The van der Waals surface area contributed by atoms with Gasteiger partial charge in [-0.25, -0.2) is 10.1 Å². The maximum Gasteiger partial charge on any atom is 0.160 e. The van der Waals surface area contributed by atoms with Crippen LogP contribution in [0.25, 0.3) is 0 Å². The molecule has 5 nitrogen and oxygen atoms in total. The number of piperidine rings is 1. The predicted molar refractivity (Wildman–Crippen MR) is 38.6 cm³/mol. The van der Waals surface area contributed by atoms with E-state index in [0.29, 0.717) is 13.1 Å². The summed E-state index contributed by atoms with van der Waals surface area (Å²) in [5.74, 6) is 0. The summed E-state index contributed by atoms with van der Waals surface area (Å²) in [5.41, 5.74) is 0. The Balaban J connectivity index is 2.39. The van der Waals surface area contributed by atoms with E-state index in [1.807, 2.05) is 0 Å². The molecule has 5 heteroatoms. The van der Waals surface area contributed by atoms with Crippen LogP contribution in [0, 0.1) is 10.1 Å². The zero-order valence-corrected chi connectivity index (χ0v) is 6.52. The number of ether oxygens (including phenoxy) is 1. The molecular weight excluding hydrogens is 148 g/mol. The molecule has 0 saturated carbocycles. The molecule has 0 bridgehead atoms. The molecule has 0 N–H and O–H groups in total. The minimum absolute atomic E-state index is 0.0362. The third-order valence-electron chi connectivity index (χ3n) is 1.92. The van der Waals surface area contributed by atoms with E-state index in [2.05, 4.69) is 0 Å². The highest BCUT2D eigenvalue weighted by Gasteiger charge is 2.24. The third kappa shape index (κ3) is 2.04. The Bertz CT molecular complexity index is 151. The second kappa shape index (κ2) is 3.52. The molecule has 1 aliphatic rings. The average Bonchev–Trinajstić information content (AvgIpc) is 2.05. The van der Waals surface area contributed by atoms with Crippen molar-refractivity contribution in [3.8, 4) is 0 Å². The summed E-state index contributed by atoms with van der Waals surface area (Å²) < 4.78 is 5.03. The first kappa shape index (κ1) is 8.26. The lowest BCUT2D eigenvalue weighted by molar-refractivity contribution is -0.659. The summed E-state index contributed by atoms with van der Waals surface area (Å²) >= 11 is 0. The van der Waals surface area contributed by atoms with E-state index in [1.165, 1.54) is 5.01 Å². The Hall–Kier alpha value is -0.840. The van der Waals surface area contributed by atoms with E-state index in [-0.39, 0.29) is 11.1 Å². The first-order chi connectivity index (χ1) is 5.24. The number of hydrogen-bond donors (Lipinski definition) is 0. The molecule has 1 heterocycles. The van der Waals surface area contributed by atoms with E-state index in [4.69, 9.17) is 4.74 Å². The number of hydrogen-bond acceptors (Lipinski definition) is 3. The van der Waals surface area contributed by atoms with E-state index >= 15 is 0 Å². The topological polar surface area (TPSA) is 55.6 Å². The molecule has 1 saturated heterocycles. The van der Waals surface area contributed by atoms with E-state index in [1.54, 1.807) is 7.11 Å². The van der Waals surface area contributed by atoms with Gasteiger partial charge in [-0.05, 0) is 12.8 Å². The van der Waals surface area contributed by atoms with Crippen LogP contribution in [0.15, 0.2) is 0 Å². The molecule has 0 aromatic carbocycles. The lowest BCUT2D eigenvalue weighted by Crippen LogP contribution is -2.42. The number of rotatable bonds is 2. The second-order valence-electron chi connectivity index (χ2n) is 2.65. The summed E-state index contributed by atoms with van der Waals surface area (Å²) in [5, 5.41) is 11.1. The molecule has 1 unspecified atom stereocenters. The van der Waals surface area contributed by atoms with E-state index in [0.717, 1.165) is 12.8 Å². The van der Waals surface area contributed by atoms with Crippen LogP contribution in [0.2, 0.25) is 0 Å². The van der Waals surface area contributed by atoms with Crippen molar-refractivity contribution in [1.29, 1.82) is 0 Å². The Morgan fingerprint density at radius 3 is 3.00 bits per heavy atom. The fourth-order valence-electron chi connectivity index (χ4n) is 1.26. The number of hydrazine groups is 1. The largest absolute Gasteiger partial charge is 0.379 e. The van der Waals surface area contributed by atoms with Gasteiger partial charge in [-0.2, -0.15) is 0 Å². The maximum atomic E-state index is 10.3. The molecule has 11 heavy (non-hydrogen) atoms. The fraction of sp³-hybridized carbons (Fsp3) is 1.00. The van der Waals surface area contributed by atoms with Gasteiger partial charge >= 0.3 is 0 Å². The Morgan fingerprint density at radius 2 is 2.45 bits per heavy atom. The minimum Gasteiger partial charge on any atom is -0.379 e. The van der Waals surface area contributed by atoms with Crippen LogP contribution < -0.4 is 0 Å². The highest BCUT2D eigenvalue weighted by molar-refractivity contribution is 4.67. The van der Waals surface area contributed by atoms with Gasteiger partial charge in [-0.15, -0.1) is 5.01 Å². The van der Waals surface area contributed by atoms with Crippen LogP contribution in [-0.2, 0) is 4.74 Å². The molecule has 0 spiro atoms. The SMILES string of the molecule is COC1CCCN([N+](=O)[O-])C1. The molecule has 64 valence electrons. The normalized spacial score (nSPS) is 25.2. The Kier molecular flexibility index (Phi) is 2.64. The van der Waals surface area contributed by atoms with Crippen molar-refractivity contribution in [2.24, 2.45) is 0 Å². The van der Waals surface area contributed by atoms with E-state index in [9.17, 15) is 10.1 Å². The molecule has 0 aromatic rings. The fourth-order valence-corrected chi connectivity index (χ4v) is 1.26. The average molecular weight is 160 g/mol. The lowest BCUT2D eigenvalue weighted by atomic mass is 10.1. The predicted octanol–water partition coefficient (Wildman–Crippen LogP) is 0.289. The van der Waals surface area contributed by atoms with Gasteiger partial charge in [0.1, 0.15) is 6.54 Å². The first-order valence-electron chi connectivity index (χ1n) is 3.66. The molecular formula is C6H12N2O3. The van der Waals surface area contributed by atoms with Crippen molar-refractivity contribution in [2.75, 3.05) is 20.2 Å². The highest BCUT2D eigenvalue weighted by atomic mass is 16.7. The smallest absolute Gasteiger partial charge is 0.160 e. The summed E-state index contributed by atoms with van der Waals surface area (Å²) in [6.07, 6.45) is 1.81. The Labute approximate surface area is 65.1 Å². The standard InChI is InChI=1S/C6H12N2O3/c1-11-6-3-2-4-7(5-6)8(9)10/h6H,2-5H2,1H3. The van der Waals surface area contributed by atoms with Crippen molar-refractivity contribution in [3.63, 3.8) is 0 Å². The van der Waals surface area contributed by atoms with Gasteiger partial charge in [0.2, 0.25) is 0 Å². The molecule has 1 atom stereocenters. The number of nitro groups is 1. The van der Waals surface area contributed by atoms with Crippen molar-refractivity contribution >= 4 is 0 Å². The molecule has 0 aliphatic carbocycles. The molecule has 1 fully saturated rings. The van der Waals surface area contributed by atoms with Crippen LogP contribution in [0.5, 0.6) is 0 Å². The van der Waals surface area contributed by atoms with Crippen molar-refractivity contribution in [3.05, 3.63) is 10.1 Å². The molecule has 1 aliphatic heterocycles. The van der Waals surface area contributed by atoms with Crippen LogP contribution in [0.3, 0.4) is 0 Å². The van der Waals surface area contributed by atoms with Gasteiger partial charge in [-0.1, -0.05) is 0 Å². The quantitative estimate of drug-likeness (QED) is 0.430. The summed E-state index contributed by atoms with van der Waals surface area (Å²) in [6.45, 7) is 0.969. The van der Waals surface area contributed by atoms with Gasteiger partial charge in [0.25, 0.3) is 0 Å². The third-order valence-corrected chi connectivity index (χ3v) is 1.92. The van der Waals surface area contributed by atoms with Crippen LogP contribution in [0.1, 0.15) is 12.8 Å². The lowest BCUT2D eigenvalue weighted by Gasteiger charge is -2.25. The molecule has 0 aromatic heterocycles. The summed E-state index contributed by atoms with van der Waals surface area (Å²) in [4.78, 5) is 10.3. The van der Waals surface area contributed by atoms with Gasteiger partial charge in [0.05, 0.1) is 12.6 Å². The van der Waals surface area contributed by atoms with Gasteiger partial charge < -0.3 is 4.74 Å². The molecule has 0 amide bonds. The van der Waals surface area contributed by atoms with E-state index < -0.39 is 0 Å². The van der Waals surface area contributed by atoms with Crippen LogP contribution in [0.4, 0.5) is 0 Å². The van der Waals surface area contributed by atoms with Crippen LogP contribution >= 0.6 is 0 Å². The van der Waals surface area contributed by atoms with Crippen LogP contribution in [-0.4, -0.2) is 36.3 Å². The maximum absolute atomic E-state index is 10.3. The summed E-state index contributed by atoms with van der Waals surface area (Å²) in [6, 6.07) is 0. The first-order valence-corrected chi connectivity index (χ1v) is 3.66. The van der Waals surface area contributed by atoms with Gasteiger partial charge in [0.15, 0.2) is 5.03 Å². The molecule has 1 rings (SSSR count). The van der Waals surface area contributed by atoms with Crippen molar-refractivity contribution < 1.29 is 9.77 Å². The van der Waals surface area contributed by atoms with Crippen molar-refractivity contribution in [2.45, 2.75) is 18.9 Å². The monoisotopic (exact) mass is 160 g/mol.